The van der Waals surface area contributed by atoms with Crippen molar-refractivity contribution in [1.29, 1.82) is 0 Å². The average molecular weight is 219 g/mol. The third-order valence-corrected chi connectivity index (χ3v) is 2.65. The molecule has 0 aliphatic carbocycles. The van der Waals surface area contributed by atoms with Gasteiger partial charge < -0.3 is 9.47 Å². The van der Waals surface area contributed by atoms with Crippen LogP contribution >= 0.6 is 0 Å². The van der Waals surface area contributed by atoms with Crippen LogP contribution in [0.1, 0.15) is 24.8 Å². The Kier molecular flexibility index (Phi) is 4.08. The molecule has 1 unspecified atom stereocenters. The maximum atomic E-state index is 5.65. The summed E-state index contributed by atoms with van der Waals surface area (Å²) in [7, 11) is 0. The molecule has 3 heteroatoms. The summed E-state index contributed by atoms with van der Waals surface area (Å²) >= 11 is 0. The zero-order valence-electron chi connectivity index (χ0n) is 9.39. The van der Waals surface area contributed by atoms with E-state index < -0.39 is 0 Å². The smallest absolute Gasteiger partial charge is 0.158 e. The van der Waals surface area contributed by atoms with Crippen LogP contribution in [0.4, 0.5) is 0 Å². The minimum Gasteiger partial charge on any atom is -0.353 e. The molecule has 0 bridgehead atoms. The highest BCUT2D eigenvalue weighted by Gasteiger charge is 2.14. The Labute approximate surface area is 96.1 Å². The summed E-state index contributed by atoms with van der Waals surface area (Å²) in [6.45, 7) is 5.31. The van der Waals surface area contributed by atoms with Gasteiger partial charge in [0.05, 0.1) is 6.61 Å². The van der Waals surface area contributed by atoms with Crippen molar-refractivity contribution < 1.29 is 9.47 Å². The summed E-state index contributed by atoms with van der Waals surface area (Å²) in [5.41, 5.74) is 1.97. The molecular formula is C13H17NO2. The van der Waals surface area contributed by atoms with Crippen LogP contribution in [0.25, 0.3) is 5.57 Å². The molecule has 0 amide bonds. The van der Waals surface area contributed by atoms with Gasteiger partial charge in [-0.05, 0) is 36.5 Å². The molecule has 0 N–H and O–H groups in total. The molecule has 1 aromatic heterocycles. The first-order valence-electron chi connectivity index (χ1n) is 5.67. The number of hydrogen-bond acceptors (Lipinski definition) is 3. The summed E-state index contributed by atoms with van der Waals surface area (Å²) in [4.78, 5) is 4.05. The predicted molar refractivity (Wildman–Crippen MR) is 62.8 cm³/mol. The number of rotatable bonds is 4. The minimum atomic E-state index is -0.0535. The van der Waals surface area contributed by atoms with E-state index in [0.29, 0.717) is 6.61 Å². The van der Waals surface area contributed by atoms with Gasteiger partial charge >= 0.3 is 0 Å². The molecule has 0 aromatic carbocycles. The van der Waals surface area contributed by atoms with Gasteiger partial charge in [-0.15, -0.1) is 0 Å². The zero-order valence-corrected chi connectivity index (χ0v) is 9.39. The standard InChI is InChI=1S/C13H17NO2/c1-11(12-5-4-7-14-9-12)10-16-13-6-2-3-8-15-13/h4-5,7,9,13H,1-3,6,8,10H2. The lowest BCUT2D eigenvalue weighted by Gasteiger charge is -2.23. The van der Waals surface area contributed by atoms with Gasteiger partial charge in [0.1, 0.15) is 0 Å². The first-order chi connectivity index (χ1) is 7.86. The summed E-state index contributed by atoms with van der Waals surface area (Å²) in [6, 6.07) is 3.89. The molecule has 16 heavy (non-hydrogen) atoms. The maximum absolute atomic E-state index is 5.65. The Morgan fingerprint density at radius 2 is 2.50 bits per heavy atom. The zero-order chi connectivity index (χ0) is 11.2. The van der Waals surface area contributed by atoms with Gasteiger partial charge in [-0.1, -0.05) is 12.6 Å². The van der Waals surface area contributed by atoms with Crippen LogP contribution in [0, 0.1) is 0 Å². The van der Waals surface area contributed by atoms with E-state index >= 15 is 0 Å². The van der Waals surface area contributed by atoms with Crippen LogP contribution in [0.15, 0.2) is 31.1 Å². The lowest BCUT2D eigenvalue weighted by molar-refractivity contribution is -0.154. The van der Waals surface area contributed by atoms with Crippen LogP contribution in [-0.2, 0) is 9.47 Å². The second kappa shape index (κ2) is 5.77. The molecule has 1 saturated heterocycles. The highest BCUT2D eigenvalue weighted by Crippen LogP contribution is 2.17. The highest BCUT2D eigenvalue weighted by atomic mass is 16.7. The predicted octanol–water partition coefficient (Wildman–Crippen LogP) is 2.64. The van der Waals surface area contributed by atoms with Crippen molar-refractivity contribution in [3.63, 3.8) is 0 Å². The van der Waals surface area contributed by atoms with Crippen LogP contribution in [-0.4, -0.2) is 24.5 Å². The number of nitrogens with zero attached hydrogens (tertiary/aromatic N) is 1. The summed E-state index contributed by atoms with van der Waals surface area (Å²) in [5, 5.41) is 0. The molecule has 1 fully saturated rings. The molecule has 2 rings (SSSR count). The molecule has 1 aliphatic rings. The van der Waals surface area contributed by atoms with Gasteiger partial charge in [-0.25, -0.2) is 0 Å². The molecule has 3 nitrogen and oxygen atoms in total. The molecule has 1 atom stereocenters. The third-order valence-electron chi connectivity index (χ3n) is 2.65. The molecule has 2 heterocycles. The number of aromatic nitrogens is 1. The van der Waals surface area contributed by atoms with Crippen molar-refractivity contribution in [3.8, 4) is 0 Å². The van der Waals surface area contributed by atoms with Crippen molar-refractivity contribution in [2.24, 2.45) is 0 Å². The largest absolute Gasteiger partial charge is 0.353 e. The Morgan fingerprint density at radius 3 is 3.19 bits per heavy atom. The van der Waals surface area contributed by atoms with Gasteiger partial charge in [-0.2, -0.15) is 0 Å². The summed E-state index contributed by atoms with van der Waals surface area (Å²) in [6.07, 6.45) is 6.81. The van der Waals surface area contributed by atoms with E-state index in [0.717, 1.165) is 30.6 Å². The van der Waals surface area contributed by atoms with E-state index in [2.05, 4.69) is 11.6 Å². The lowest BCUT2D eigenvalue weighted by Crippen LogP contribution is -2.22. The number of ether oxygens (including phenoxy) is 2. The average Bonchev–Trinajstić information content (AvgIpc) is 2.38. The van der Waals surface area contributed by atoms with Crippen LogP contribution in [0.3, 0.4) is 0 Å². The molecule has 1 aliphatic heterocycles. The number of hydrogen-bond donors (Lipinski definition) is 0. The maximum Gasteiger partial charge on any atom is 0.158 e. The van der Waals surface area contributed by atoms with Gasteiger partial charge in [0.2, 0.25) is 0 Å². The van der Waals surface area contributed by atoms with E-state index in [-0.39, 0.29) is 6.29 Å². The van der Waals surface area contributed by atoms with Gasteiger partial charge in [-0.3, -0.25) is 4.98 Å². The normalized spacial score (nSPS) is 20.6. The number of pyridine rings is 1. The summed E-state index contributed by atoms with van der Waals surface area (Å²) in [5.74, 6) is 0. The van der Waals surface area contributed by atoms with Gasteiger partial charge in [0.15, 0.2) is 6.29 Å². The van der Waals surface area contributed by atoms with E-state index in [9.17, 15) is 0 Å². The Hall–Kier alpha value is -1.19. The SMILES string of the molecule is C=C(COC1CCCCO1)c1cccnc1. The Bertz CT molecular complexity index is 331. The fourth-order valence-corrected chi connectivity index (χ4v) is 1.69. The van der Waals surface area contributed by atoms with Crippen LogP contribution in [0.5, 0.6) is 0 Å². The van der Waals surface area contributed by atoms with E-state index in [1.807, 2.05) is 12.1 Å². The fourth-order valence-electron chi connectivity index (χ4n) is 1.69. The summed E-state index contributed by atoms with van der Waals surface area (Å²) < 4.78 is 11.1. The molecule has 0 saturated carbocycles. The lowest BCUT2D eigenvalue weighted by atomic mass is 10.1. The van der Waals surface area contributed by atoms with E-state index in [4.69, 9.17) is 9.47 Å². The van der Waals surface area contributed by atoms with Crippen molar-refractivity contribution >= 4 is 5.57 Å². The van der Waals surface area contributed by atoms with Crippen molar-refractivity contribution in [1.82, 2.24) is 4.98 Å². The molecular weight excluding hydrogens is 202 g/mol. The Balaban J connectivity index is 1.79. The van der Waals surface area contributed by atoms with Crippen LogP contribution < -0.4 is 0 Å². The second-order valence-corrected chi connectivity index (χ2v) is 3.95. The van der Waals surface area contributed by atoms with Crippen molar-refractivity contribution in [2.45, 2.75) is 25.6 Å². The Morgan fingerprint density at radius 1 is 1.56 bits per heavy atom. The minimum absolute atomic E-state index is 0.0535. The van der Waals surface area contributed by atoms with E-state index in [1.54, 1.807) is 12.4 Å². The van der Waals surface area contributed by atoms with Gasteiger partial charge in [0.25, 0.3) is 0 Å². The molecule has 86 valence electrons. The van der Waals surface area contributed by atoms with Crippen molar-refractivity contribution in [3.05, 3.63) is 36.7 Å². The first-order valence-corrected chi connectivity index (χ1v) is 5.67. The third kappa shape index (κ3) is 3.15. The topological polar surface area (TPSA) is 31.4 Å². The van der Waals surface area contributed by atoms with Crippen LogP contribution in [0.2, 0.25) is 0 Å². The monoisotopic (exact) mass is 219 g/mol. The van der Waals surface area contributed by atoms with Gasteiger partial charge in [0, 0.05) is 19.0 Å². The fraction of sp³-hybridized carbons (Fsp3) is 0.462. The van der Waals surface area contributed by atoms with E-state index in [1.165, 1.54) is 6.42 Å². The molecule has 0 radical (unpaired) electrons. The molecule has 1 aromatic rings. The highest BCUT2D eigenvalue weighted by molar-refractivity contribution is 5.62. The molecule has 0 spiro atoms. The van der Waals surface area contributed by atoms with Crippen molar-refractivity contribution in [2.75, 3.05) is 13.2 Å². The first kappa shape index (κ1) is 11.3. The second-order valence-electron chi connectivity index (χ2n) is 3.95. The quantitative estimate of drug-likeness (QED) is 0.780.